The molecule has 2 aliphatic rings. The van der Waals surface area contributed by atoms with Crippen molar-refractivity contribution in [3.63, 3.8) is 0 Å². The fraction of sp³-hybridized carbons (Fsp3) is 0.647. The van der Waals surface area contributed by atoms with Gasteiger partial charge < -0.3 is 10.6 Å². The average Bonchev–Trinajstić information content (AvgIpc) is 2.94. The highest BCUT2D eigenvalue weighted by Gasteiger charge is 2.29. The van der Waals surface area contributed by atoms with Gasteiger partial charge in [-0.2, -0.15) is 5.10 Å². The Labute approximate surface area is 144 Å². The number of hydrogen-bond donors (Lipinski definition) is 1. The van der Waals surface area contributed by atoms with Crippen LogP contribution in [0.25, 0.3) is 5.52 Å². The smallest absolute Gasteiger partial charge is 0.150 e. The molecule has 0 amide bonds. The first-order valence-corrected chi connectivity index (χ1v) is 8.93. The molecule has 0 atom stereocenters. The number of piperazine rings is 1. The van der Waals surface area contributed by atoms with E-state index in [0.717, 1.165) is 11.6 Å². The van der Waals surface area contributed by atoms with Crippen LogP contribution in [0, 0.1) is 0 Å². The van der Waals surface area contributed by atoms with Crippen molar-refractivity contribution in [3.05, 3.63) is 18.1 Å². The highest BCUT2D eigenvalue weighted by molar-refractivity contribution is 6.37. The Balaban J connectivity index is 1.47. The van der Waals surface area contributed by atoms with Crippen LogP contribution in [0.2, 0.25) is 0 Å². The predicted octanol–water partition coefficient (Wildman–Crippen LogP) is 0.379. The van der Waals surface area contributed by atoms with Crippen LogP contribution in [0.3, 0.4) is 0 Å². The summed E-state index contributed by atoms with van der Waals surface area (Å²) in [6.07, 6.45) is 6.39. The fourth-order valence-corrected chi connectivity index (χ4v) is 4.34. The van der Waals surface area contributed by atoms with E-state index in [2.05, 4.69) is 26.9 Å². The molecule has 2 fully saturated rings. The molecule has 1 saturated heterocycles. The molecule has 0 spiro atoms. The molecule has 6 nitrogen and oxygen atoms in total. The molecular weight excluding hydrogens is 299 g/mol. The van der Waals surface area contributed by atoms with Gasteiger partial charge in [0.05, 0.1) is 0 Å². The van der Waals surface area contributed by atoms with E-state index in [-0.39, 0.29) is 0 Å². The van der Waals surface area contributed by atoms with Gasteiger partial charge in [-0.05, 0) is 38.8 Å². The van der Waals surface area contributed by atoms with Crippen molar-refractivity contribution >= 4 is 24.6 Å². The van der Waals surface area contributed by atoms with Gasteiger partial charge in [0.1, 0.15) is 19.7 Å². The van der Waals surface area contributed by atoms with E-state index in [1.165, 1.54) is 63.9 Å². The summed E-state index contributed by atoms with van der Waals surface area (Å²) >= 11 is 0. The van der Waals surface area contributed by atoms with Gasteiger partial charge >= 0.3 is 0 Å². The van der Waals surface area contributed by atoms with E-state index in [0.29, 0.717) is 17.2 Å². The van der Waals surface area contributed by atoms with Crippen molar-refractivity contribution in [1.82, 2.24) is 24.4 Å². The van der Waals surface area contributed by atoms with Crippen LogP contribution in [0.4, 0.5) is 5.82 Å². The molecule has 7 heteroatoms. The largest absolute Gasteiger partial charge is 0.382 e. The highest BCUT2D eigenvalue weighted by atomic mass is 15.3. The molecule has 24 heavy (non-hydrogen) atoms. The lowest BCUT2D eigenvalue weighted by Gasteiger charge is -2.41. The lowest BCUT2D eigenvalue weighted by atomic mass is 9.82. The Kier molecular flexibility index (Phi) is 4.22. The summed E-state index contributed by atoms with van der Waals surface area (Å²) in [4.78, 5) is 9.16. The van der Waals surface area contributed by atoms with Gasteiger partial charge in [-0.3, -0.25) is 4.90 Å². The third-order valence-electron chi connectivity index (χ3n) is 5.81. The van der Waals surface area contributed by atoms with Crippen LogP contribution in [-0.4, -0.2) is 71.5 Å². The number of fused-ring (bicyclic) bond motifs is 1. The Hall–Kier alpha value is -1.60. The number of rotatable bonds is 2. The standard InChI is InChI=1S/C17H25BN6/c1-22-6-8-23(9-7-22)13-4-2-12(3-5-13)15-10-14(18)16-17(19)20-11-21-24(15)16/h10-13H,2-9H2,1H3,(H2,19,20,21). The molecule has 0 bridgehead atoms. The normalized spacial score (nSPS) is 26.9. The monoisotopic (exact) mass is 324 g/mol. The number of aromatic nitrogens is 3. The maximum Gasteiger partial charge on any atom is 0.150 e. The SMILES string of the molecule is [B]c1cc(C2CCC(N3CCN(C)CC3)CC2)n2ncnc(N)c12. The number of likely N-dealkylation sites (N-methyl/N-ethyl adjacent to an activating group) is 1. The van der Waals surface area contributed by atoms with Crippen LogP contribution in [0.15, 0.2) is 12.4 Å². The minimum atomic E-state index is 0.458. The zero-order chi connectivity index (χ0) is 16.7. The summed E-state index contributed by atoms with van der Waals surface area (Å²) in [5.41, 5.74) is 8.60. The minimum absolute atomic E-state index is 0.458. The Morgan fingerprint density at radius 3 is 2.54 bits per heavy atom. The first-order chi connectivity index (χ1) is 11.6. The molecule has 2 aromatic rings. The van der Waals surface area contributed by atoms with Crippen molar-refractivity contribution in [3.8, 4) is 0 Å². The zero-order valence-corrected chi connectivity index (χ0v) is 14.4. The van der Waals surface area contributed by atoms with Crippen LogP contribution < -0.4 is 11.2 Å². The van der Waals surface area contributed by atoms with E-state index in [1.54, 1.807) is 0 Å². The molecule has 1 aliphatic heterocycles. The third kappa shape index (κ3) is 2.80. The summed E-state index contributed by atoms with van der Waals surface area (Å²) < 4.78 is 1.90. The van der Waals surface area contributed by atoms with Crippen molar-refractivity contribution in [2.45, 2.75) is 37.6 Å². The molecular formula is C17H25BN6. The van der Waals surface area contributed by atoms with Gasteiger partial charge in [0.15, 0.2) is 5.82 Å². The first-order valence-electron chi connectivity index (χ1n) is 8.93. The van der Waals surface area contributed by atoms with E-state index in [4.69, 9.17) is 13.6 Å². The van der Waals surface area contributed by atoms with Crippen LogP contribution in [0.5, 0.6) is 0 Å². The van der Waals surface area contributed by atoms with Crippen LogP contribution in [0.1, 0.15) is 37.3 Å². The second-order valence-electron chi connectivity index (χ2n) is 7.27. The topological polar surface area (TPSA) is 62.7 Å². The van der Waals surface area contributed by atoms with Gasteiger partial charge in [-0.1, -0.05) is 5.46 Å². The number of nitrogens with zero attached hydrogens (tertiary/aromatic N) is 5. The second-order valence-corrected chi connectivity index (χ2v) is 7.27. The van der Waals surface area contributed by atoms with Crippen molar-refractivity contribution in [1.29, 1.82) is 0 Å². The average molecular weight is 324 g/mol. The molecule has 1 saturated carbocycles. The Morgan fingerprint density at radius 2 is 1.83 bits per heavy atom. The molecule has 4 rings (SSSR count). The molecule has 0 aromatic carbocycles. The van der Waals surface area contributed by atoms with Gasteiger partial charge in [0.25, 0.3) is 0 Å². The maximum absolute atomic E-state index is 6.15. The van der Waals surface area contributed by atoms with Crippen molar-refractivity contribution in [2.24, 2.45) is 0 Å². The van der Waals surface area contributed by atoms with Crippen molar-refractivity contribution < 1.29 is 0 Å². The van der Waals surface area contributed by atoms with E-state index in [9.17, 15) is 0 Å². The lowest BCUT2D eigenvalue weighted by Crippen LogP contribution is -2.49. The summed E-state index contributed by atoms with van der Waals surface area (Å²) in [5, 5.41) is 4.38. The summed E-state index contributed by atoms with van der Waals surface area (Å²) in [7, 11) is 8.36. The minimum Gasteiger partial charge on any atom is -0.382 e. The number of nitrogen functional groups attached to an aromatic ring is 1. The fourth-order valence-electron chi connectivity index (χ4n) is 4.34. The predicted molar refractivity (Wildman–Crippen MR) is 96.9 cm³/mol. The van der Waals surface area contributed by atoms with E-state index < -0.39 is 0 Å². The van der Waals surface area contributed by atoms with E-state index >= 15 is 0 Å². The molecule has 2 radical (unpaired) electrons. The Morgan fingerprint density at radius 1 is 1.12 bits per heavy atom. The molecule has 2 N–H and O–H groups in total. The van der Waals surface area contributed by atoms with Crippen LogP contribution in [-0.2, 0) is 0 Å². The molecule has 1 aliphatic carbocycles. The molecule has 126 valence electrons. The quantitative estimate of drug-likeness (QED) is 0.809. The van der Waals surface area contributed by atoms with Crippen molar-refractivity contribution in [2.75, 3.05) is 39.0 Å². The summed E-state index contributed by atoms with van der Waals surface area (Å²) in [5.74, 6) is 0.965. The van der Waals surface area contributed by atoms with Gasteiger partial charge in [-0.25, -0.2) is 9.50 Å². The Bertz CT molecular complexity index is 713. The van der Waals surface area contributed by atoms with E-state index in [1.807, 2.05) is 10.6 Å². The lowest BCUT2D eigenvalue weighted by molar-refractivity contribution is 0.0874. The van der Waals surface area contributed by atoms with Gasteiger partial charge in [0.2, 0.25) is 0 Å². The third-order valence-corrected chi connectivity index (χ3v) is 5.81. The van der Waals surface area contributed by atoms with Gasteiger partial charge in [0, 0.05) is 43.8 Å². The maximum atomic E-state index is 6.15. The van der Waals surface area contributed by atoms with Crippen LogP contribution >= 0.6 is 0 Å². The zero-order valence-electron chi connectivity index (χ0n) is 14.4. The van der Waals surface area contributed by atoms with Gasteiger partial charge in [-0.15, -0.1) is 0 Å². The number of anilines is 1. The number of nitrogens with two attached hydrogens (primary N) is 1. The molecule has 2 aromatic heterocycles. The highest BCUT2D eigenvalue weighted by Crippen LogP contribution is 2.35. The second kappa shape index (κ2) is 6.37. The molecule has 3 heterocycles. The summed E-state index contributed by atoms with van der Waals surface area (Å²) in [6.45, 7) is 4.79. The molecule has 0 unspecified atom stereocenters. The number of hydrogen-bond acceptors (Lipinski definition) is 5. The first kappa shape index (κ1) is 15.9. The summed E-state index contributed by atoms with van der Waals surface area (Å²) in [6, 6.07) is 2.78.